The van der Waals surface area contributed by atoms with E-state index in [-0.39, 0.29) is 42.4 Å². The van der Waals surface area contributed by atoms with E-state index in [1.807, 2.05) is 0 Å². The summed E-state index contributed by atoms with van der Waals surface area (Å²) in [5, 5.41) is 2.88. The normalized spacial score (nSPS) is 27.4. The largest absolute Gasteiger partial charge is 0.573 e. The van der Waals surface area contributed by atoms with Gasteiger partial charge in [0.2, 0.25) is 5.91 Å². The SMILES string of the molecule is O=C1COC2CCN(C(=O)N3CCC(c4ccc(OC(F)(F)F)cc4)C3)C[C@H]2N1. The van der Waals surface area contributed by atoms with Crippen molar-refractivity contribution in [1.29, 1.82) is 0 Å². The first-order chi connectivity index (χ1) is 13.8. The molecule has 3 fully saturated rings. The van der Waals surface area contributed by atoms with Crippen molar-refractivity contribution < 1.29 is 32.2 Å². The first-order valence-corrected chi connectivity index (χ1v) is 9.59. The molecule has 4 rings (SSSR count). The van der Waals surface area contributed by atoms with Crippen LogP contribution in [0.15, 0.2) is 24.3 Å². The van der Waals surface area contributed by atoms with E-state index in [0.29, 0.717) is 32.6 Å². The number of urea groups is 1. The van der Waals surface area contributed by atoms with E-state index >= 15 is 0 Å². The van der Waals surface area contributed by atoms with Crippen LogP contribution in [0.3, 0.4) is 0 Å². The topological polar surface area (TPSA) is 71.1 Å². The fourth-order valence-electron chi connectivity index (χ4n) is 4.22. The minimum absolute atomic E-state index is 0.0551. The summed E-state index contributed by atoms with van der Waals surface area (Å²) in [6.45, 7) is 2.14. The second-order valence-corrected chi connectivity index (χ2v) is 7.59. The minimum Gasteiger partial charge on any atom is -0.406 e. The number of halogens is 3. The summed E-state index contributed by atoms with van der Waals surface area (Å²) in [6, 6.07) is 5.55. The van der Waals surface area contributed by atoms with E-state index < -0.39 is 6.36 Å². The quantitative estimate of drug-likeness (QED) is 0.806. The first-order valence-electron chi connectivity index (χ1n) is 9.59. The Morgan fingerprint density at radius 1 is 1.10 bits per heavy atom. The number of likely N-dealkylation sites (tertiary alicyclic amines) is 2. The molecular weight excluding hydrogens is 391 g/mol. The average Bonchev–Trinajstić information content (AvgIpc) is 3.16. The molecule has 7 nitrogen and oxygen atoms in total. The number of piperidine rings is 1. The summed E-state index contributed by atoms with van der Waals surface area (Å²) >= 11 is 0. The van der Waals surface area contributed by atoms with Crippen molar-refractivity contribution in [1.82, 2.24) is 15.1 Å². The van der Waals surface area contributed by atoms with Crippen LogP contribution in [0.2, 0.25) is 0 Å². The minimum atomic E-state index is -4.71. The van der Waals surface area contributed by atoms with Crippen molar-refractivity contribution in [3.63, 3.8) is 0 Å². The number of hydrogen-bond acceptors (Lipinski definition) is 4. The van der Waals surface area contributed by atoms with Gasteiger partial charge in [-0.15, -0.1) is 13.2 Å². The number of rotatable bonds is 2. The molecule has 0 bridgehead atoms. The van der Waals surface area contributed by atoms with Gasteiger partial charge in [-0.3, -0.25) is 4.79 Å². The molecule has 0 saturated carbocycles. The Kier molecular flexibility index (Phi) is 5.28. The highest BCUT2D eigenvalue weighted by atomic mass is 19.4. The molecule has 3 atom stereocenters. The molecule has 2 unspecified atom stereocenters. The third kappa shape index (κ3) is 4.58. The van der Waals surface area contributed by atoms with Gasteiger partial charge in [0, 0.05) is 32.1 Å². The van der Waals surface area contributed by atoms with Crippen LogP contribution >= 0.6 is 0 Å². The molecule has 10 heteroatoms. The average molecular weight is 413 g/mol. The summed E-state index contributed by atoms with van der Waals surface area (Å²) in [7, 11) is 0. The molecular formula is C19H22F3N3O4. The molecule has 0 aliphatic carbocycles. The molecule has 158 valence electrons. The van der Waals surface area contributed by atoms with Crippen molar-refractivity contribution in [3.05, 3.63) is 29.8 Å². The highest BCUT2D eigenvalue weighted by Gasteiger charge is 2.39. The number of hydrogen-bond donors (Lipinski definition) is 1. The smallest absolute Gasteiger partial charge is 0.406 e. The molecule has 1 aromatic rings. The lowest BCUT2D eigenvalue weighted by molar-refractivity contribution is -0.274. The highest BCUT2D eigenvalue weighted by molar-refractivity contribution is 5.79. The second kappa shape index (κ2) is 7.74. The van der Waals surface area contributed by atoms with E-state index in [1.54, 1.807) is 21.9 Å². The van der Waals surface area contributed by atoms with E-state index in [9.17, 15) is 22.8 Å². The number of benzene rings is 1. The van der Waals surface area contributed by atoms with Gasteiger partial charge in [-0.1, -0.05) is 12.1 Å². The highest BCUT2D eigenvalue weighted by Crippen LogP contribution is 2.31. The van der Waals surface area contributed by atoms with Crippen LogP contribution in [0, 0.1) is 0 Å². The lowest BCUT2D eigenvalue weighted by Gasteiger charge is -2.42. The number of amides is 3. The lowest BCUT2D eigenvalue weighted by Crippen LogP contribution is -2.62. The number of alkyl halides is 3. The zero-order chi connectivity index (χ0) is 20.6. The van der Waals surface area contributed by atoms with Crippen molar-refractivity contribution in [2.45, 2.75) is 37.3 Å². The standard InChI is InChI=1S/C19H22F3N3O4/c20-19(21,22)29-14-3-1-12(2-4-14)13-5-7-24(9-13)18(27)25-8-6-16-15(10-25)23-17(26)11-28-16/h1-4,13,15-16H,5-11H2,(H,23,26)/t13?,15-,16?/m1/s1. The zero-order valence-corrected chi connectivity index (χ0v) is 15.7. The maximum atomic E-state index is 12.9. The van der Waals surface area contributed by atoms with E-state index in [1.165, 1.54) is 12.1 Å². The Labute approximate surface area is 165 Å². The van der Waals surface area contributed by atoms with Gasteiger partial charge in [0.1, 0.15) is 12.4 Å². The Morgan fingerprint density at radius 3 is 2.52 bits per heavy atom. The second-order valence-electron chi connectivity index (χ2n) is 7.59. The molecule has 3 saturated heterocycles. The molecule has 3 aliphatic heterocycles. The Bertz CT molecular complexity index is 771. The fraction of sp³-hybridized carbons (Fsp3) is 0.579. The van der Waals surface area contributed by atoms with Gasteiger partial charge in [0.25, 0.3) is 0 Å². The number of ether oxygens (including phenoxy) is 2. The van der Waals surface area contributed by atoms with Crippen LogP contribution in [0.4, 0.5) is 18.0 Å². The van der Waals surface area contributed by atoms with Crippen molar-refractivity contribution in [2.75, 3.05) is 32.8 Å². The summed E-state index contributed by atoms with van der Waals surface area (Å²) in [4.78, 5) is 27.9. The molecule has 0 radical (unpaired) electrons. The van der Waals surface area contributed by atoms with Gasteiger partial charge in [0.15, 0.2) is 0 Å². The van der Waals surface area contributed by atoms with Crippen LogP contribution < -0.4 is 10.1 Å². The van der Waals surface area contributed by atoms with Gasteiger partial charge in [-0.2, -0.15) is 0 Å². The van der Waals surface area contributed by atoms with E-state index in [2.05, 4.69) is 10.1 Å². The molecule has 3 amide bonds. The fourth-order valence-corrected chi connectivity index (χ4v) is 4.22. The molecule has 0 spiro atoms. The Morgan fingerprint density at radius 2 is 1.79 bits per heavy atom. The van der Waals surface area contributed by atoms with Gasteiger partial charge < -0.3 is 24.6 Å². The van der Waals surface area contributed by atoms with Crippen LogP contribution in [0.5, 0.6) is 5.75 Å². The third-order valence-corrected chi connectivity index (χ3v) is 5.64. The number of nitrogens with zero attached hydrogens (tertiary/aromatic N) is 2. The Balaban J connectivity index is 1.33. The van der Waals surface area contributed by atoms with Crippen molar-refractivity contribution in [2.24, 2.45) is 0 Å². The summed E-state index contributed by atoms with van der Waals surface area (Å²) in [5.74, 6) is -0.360. The molecule has 0 aromatic heterocycles. The van der Waals surface area contributed by atoms with Crippen LogP contribution in [-0.2, 0) is 9.53 Å². The summed E-state index contributed by atoms with van der Waals surface area (Å²) in [5.41, 5.74) is 0.876. The van der Waals surface area contributed by atoms with Crippen LogP contribution in [0.25, 0.3) is 0 Å². The van der Waals surface area contributed by atoms with Gasteiger partial charge in [0.05, 0.1) is 12.1 Å². The summed E-state index contributed by atoms with van der Waals surface area (Å²) < 4.78 is 46.3. The number of carbonyl (C=O) groups is 2. The van der Waals surface area contributed by atoms with Crippen molar-refractivity contribution >= 4 is 11.9 Å². The zero-order valence-electron chi connectivity index (χ0n) is 15.7. The predicted molar refractivity (Wildman–Crippen MR) is 95.3 cm³/mol. The first kappa shape index (κ1) is 19.8. The van der Waals surface area contributed by atoms with Gasteiger partial charge in [-0.05, 0) is 30.5 Å². The van der Waals surface area contributed by atoms with Crippen LogP contribution in [0.1, 0.15) is 24.3 Å². The number of fused-ring (bicyclic) bond motifs is 1. The maximum Gasteiger partial charge on any atom is 0.573 e. The molecule has 1 N–H and O–H groups in total. The lowest BCUT2D eigenvalue weighted by atomic mass is 9.98. The molecule has 3 heterocycles. The monoisotopic (exact) mass is 413 g/mol. The van der Waals surface area contributed by atoms with E-state index in [0.717, 1.165) is 12.0 Å². The molecule has 3 aliphatic rings. The maximum absolute atomic E-state index is 12.9. The van der Waals surface area contributed by atoms with Gasteiger partial charge >= 0.3 is 12.4 Å². The van der Waals surface area contributed by atoms with E-state index in [4.69, 9.17) is 4.74 Å². The summed E-state index contributed by atoms with van der Waals surface area (Å²) in [6.07, 6.45) is -3.35. The molecule has 1 aromatic carbocycles. The van der Waals surface area contributed by atoms with Crippen LogP contribution in [-0.4, -0.2) is 73.0 Å². The number of nitrogens with one attached hydrogen (secondary N) is 1. The molecule has 29 heavy (non-hydrogen) atoms. The number of carbonyl (C=O) groups excluding carboxylic acids is 2. The van der Waals surface area contributed by atoms with Crippen molar-refractivity contribution in [3.8, 4) is 5.75 Å². The number of morpholine rings is 1. The van der Waals surface area contributed by atoms with Gasteiger partial charge in [-0.25, -0.2) is 4.79 Å². The third-order valence-electron chi connectivity index (χ3n) is 5.64. The predicted octanol–water partition coefficient (Wildman–Crippen LogP) is 2.08. The Hall–Kier alpha value is -2.49.